The molecule has 2 nitrogen and oxygen atoms in total. The van der Waals surface area contributed by atoms with Crippen LogP contribution in [0, 0.1) is 5.92 Å². The Morgan fingerprint density at radius 2 is 2.08 bits per heavy atom. The normalized spacial score (nSPS) is 38.0. The zero-order valence-electron chi connectivity index (χ0n) is 8.75. The van der Waals surface area contributed by atoms with E-state index in [0.717, 1.165) is 0 Å². The molecular formula is C10H22N2. The highest BCUT2D eigenvalue weighted by molar-refractivity contribution is 4.94. The lowest BCUT2D eigenvalue weighted by Gasteiger charge is -2.28. The lowest BCUT2D eigenvalue weighted by molar-refractivity contribution is 0.191. The summed E-state index contributed by atoms with van der Waals surface area (Å²) >= 11 is 0. The molecule has 0 radical (unpaired) electrons. The van der Waals surface area contributed by atoms with E-state index in [0.29, 0.717) is 24.0 Å². The molecule has 2 heteroatoms. The summed E-state index contributed by atoms with van der Waals surface area (Å²) in [5.41, 5.74) is 6.12. The first-order valence-corrected chi connectivity index (χ1v) is 5.09. The standard InChI is InChI=1S/C10H22N2/c1-5-9-10(11)8(4)6-12(9)7(2)3/h7-10H,5-6,11H2,1-4H3/t8-,9-,10?/m1/s1. The number of hydrogen-bond acceptors (Lipinski definition) is 2. The molecule has 0 aliphatic carbocycles. The van der Waals surface area contributed by atoms with Gasteiger partial charge >= 0.3 is 0 Å². The molecule has 0 aromatic rings. The van der Waals surface area contributed by atoms with Gasteiger partial charge in [0.1, 0.15) is 0 Å². The van der Waals surface area contributed by atoms with Gasteiger partial charge in [-0.05, 0) is 26.2 Å². The highest BCUT2D eigenvalue weighted by Crippen LogP contribution is 2.25. The Kier molecular flexibility index (Phi) is 3.13. The van der Waals surface area contributed by atoms with Crippen LogP contribution >= 0.6 is 0 Å². The fourth-order valence-corrected chi connectivity index (χ4v) is 2.29. The van der Waals surface area contributed by atoms with E-state index >= 15 is 0 Å². The molecule has 1 aliphatic rings. The fourth-order valence-electron chi connectivity index (χ4n) is 2.29. The van der Waals surface area contributed by atoms with Crippen LogP contribution in [-0.4, -0.2) is 29.6 Å². The average Bonchev–Trinajstić information content (AvgIpc) is 2.29. The third-order valence-corrected chi connectivity index (χ3v) is 3.11. The number of rotatable bonds is 2. The van der Waals surface area contributed by atoms with Gasteiger partial charge in [-0.3, -0.25) is 4.90 Å². The van der Waals surface area contributed by atoms with E-state index in [4.69, 9.17) is 5.73 Å². The van der Waals surface area contributed by atoms with Gasteiger partial charge in [0.05, 0.1) is 0 Å². The largest absolute Gasteiger partial charge is 0.326 e. The highest BCUT2D eigenvalue weighted by Gasteiger charge is 2.36. The lowest BCUT2D eigenvalue weighted by atomic mass is 10.00. The molecule has 1 heterocycles. The Morgan fingerprint density at radius 1 is 1.50 bits per heavy atom. The Labute approximate surface area is 76.1 Å². The molecule has 0 amide bonds. The first-order chi connectivity index (χ1) is 5.57. The maximum absolute atomic E-state index is 6.12. The van der Waals surface area contributed by atoms with Crippen molar-refractivity contribution < 1.29 is 0 Å². The van der Waals surface area contributed by atoms with Crippen molar-refractivity contribution in [2.75, 3.05) is 6.54 Å². The average molecular weight is 170 g/mol. The molecule has 0 saturated carbocycles. The second kappa shape index (κ2) is 3.75. The van der Waals surface area contributed by atoms with Crippen molar-refractivity contribution in [3.63, 3.8) is 0 Å². The van der Waals surface area contributed by atoms with E-state index < -0.39 is 0 Å². The number of likely N-dealkylation sites (tertiary alicyclic amines) is 1. The predicted octanol–water partition coefficient (Wildman–Crippen LogP) is 1.45. The molecule has 1 saturated heterocycles. The van der Waals surface area contributed by atoms with E-state index in [9.17, 15) is 0 Å². The zero-order chi connectivity index (χ0) is 9.30. The van der Waals surface area contributed by atoms with E-state index in [2.05, 4.69) is 32.6 Å². The fraction of sp³-hybridized carbons (Fsp3) is 1.00. The van der Waals surface area contributed by atoms with Crippen LogP contribution in [0.4, 0.5) is 0 Å². The predicted molar refractivity (Wildman–Crippen MR) is 53.1 cm³/mol. The highest BCUT2D eigenvalue weighted by atomic mass is 15.2. The summed E-state index contributed by atoms with van der Waals surface area (Å²) in [6.45, 7) is 10.2. The van der Waals surface area contributed by atoms with E-state index in [-0.39, 0.29) is 0 Å². The van der Waals surface area contributed by atoms with Gasteiger partial charge in [-0.15, -0.1) is 0 Å². The first kappa shape index (κ1) is 10.0. The van der Waals surface area contributed by atoms with Crippen LogP contribution in [0.3, 0.4) is 0 Å². The molecule has 0 bridgehead atoms. The van der Waals surface area contributed by atoms with Crippen molar-refractivity contribution in [2.45, 2.75) is 52.2 Å². The molecule has 2 N–H and O–H groups in total. The van der Waals surface area contributed by atoms with Crippen LogP contribution in [0.1, 0.15) is 34.1 Å². The van der Waals surface area contributed by atoms with Gasteiger partial charge in [0.15, 0.2) is 0 Å². The topological polar surface area (TPSA) is 29.3 Å². The third kappa shape index (κ3) is 1.64. The molecule has 1 fully saturated rings. The second-order valence-electron chi connectivity index (χ2n) is 4.32. The number of nitrogens with two attached hydrogens (primary N) is 1. The van der Waals surface area contributed by atoms with Gasteiger partial charge in [0.25, 0.3) is 0 Å². The minimum Gasteiger partial charge on any atom is -0.326 e. The molecule has 12 heavy (non-hydrogen) atoms. The molecule has 3 atom stereocenters. The van der Waals surface area contributed by atoms with Gasteiger partial charge in [0.2, 0.25) is 0 Å². The Morgan fingerprint density at radius 3 is 2.42 bits per heavy atom. The molecule has 1 aliphatic heterocycles. The van der Waals surface area contributed by atoms with Crippen molar-refractivity contribution in [1.29, 1.82) is 0 Å². The molecule has 1 rings (SSSR count). The molecule has 0 aromatic heterocycles. The molecule has 1 unspecified atom stereocenters. The minimum absolute atomic E-state index is 0.386. The maximum atomic E-state index is 6.12. The SMILES string of the molecule is CC[C@@H]1C(N)[C@H](C)CN1C(C)C. The number of hydrogen-bond donors (Lipinski definition) is 1. The van der Waals surface area contributed by atoms with Gasteiger partial charge in [0, 0.05) is 24.7 Å². The summed E-state index contributed by atoms with van der Waals surface area (Å²) in [4.78, 5) is 2.54. The summed E-state index contributed by atoms with van der Waals surface area (Å²) < 4.78 is 0. The van der Waals surface area contributed by atoms with Crippen molar-refractivity contribution in [2.24, 2.45) is 11.7 Å². The minimum atomic E-state index is 0.386. The van der Waals surface area contributed by atoms with Crippen LogP contribution < -0.4 is 5.73 Å². The summed E-state index contributed by atoms with van der Waals surface area (Å²) in [6.07, 6.45) is 1.18. The Balaban J connectivity index is 2.65. The van der Waals surface area contributed by atoms with Gasteiger partial charge in [-0.1, -0.05) is 13.8 Å². The Hall–Kier alpha value is -0.0800. The van der Waals surface area contributed by atoms with Gasteiger partial charge in [-0.2, -0.15) is 0 Å². The van der Waals surface area contributed by atoms with Gasteiger partial charge in [-0.25, -0.2) is 0 Å². The van der Waals surface area contributed by atoms with Crippen molar-refractivity contribution in [3.8, 4) is 0 Å². The maximum Gasteiger partial charge on any atom is 0.0250 e. The number of nitrogens with zero attached hydrogens (tertiary/aromatic N) is 1. The molecule has 0 spiro atoms. The van der Waals surface area contributed by atoms with Crippen LogP contribution in [0.2, 0.25) is 0 Å². The summed E-state index contributed by atoms with van der Waals surface area (Å²) in [6, 6.07) is 1.64. The van der Waals surface area contributed by atoms with Crippen LogP contribution in [0.25, 0.3) is 0 Å². The zero-order valence-corrected chi connectivity index (χ0v) is 8.75. The summed E-state index contributed by atoms with van der Waals surface area (Å²) in [5, 5.41) is 0. The van der Waals surface area contributed by atoms with Crippen LogP contribution in [0.15, 0.2) is 0 Å². The first-order valence-electron chi connectivity index (χ1n) is 5.09. The monoisotopic (exact) mass is 170 g/mol. The van der Waals surface area contributed by atoms with Crippen LogP contribution in [0.5, 0.6) is 0 Å². The second-order valence-corrected chi connectivity index (χ2v) is 4.32. The molecular weight excluding hydrogens is 148 g/mol. The summed E-state index contributed by atoms with van der Waals surface area (Å²) in [5.74, 6) is 0.664. The Bertz CT molecular complexity index is 145. The lowest BCUT2D eigenvalue weighted by Crippen LogP contribution is -2.42. The molecule has 72 valence electrons. The van der Waals surface area contributed by atoms with Crippen molar-refractivity contribution in [1.82, 2.24) is 4.90 Å². The van der Waals surface area contributed by atoms with Gasteiger partial charge < -0.3 is 5.73 Å². The van der Waals surface area contributed by atoms with E-state index in [1.807, 2.05) is 0 Å². The van der Waals surface area contributed by atoms with E-state index in [1.165, 1.54) is 13.0 Å². The van der Waals surface area contributed by atoms with Crippen molar-refractivity contribution >= 4 is 0 Å². The quantitative estimate of drug-likeness (QED) is 0.679. The van der Waals surface area contributed by atoms with Crippen LogP contribution in [-0.2, 0) is 0 Å². The third-order valence-electron chi connectivity index (χ3n) is 3.11. The smallest absolute Gasteiger partial charge is 0.0250 e. The van der Waals surface area contributed by atoms with E-state index in [1.54, 1.807) is 0 Å². The molecule has 0 aromatic carbocycles. The van der Waals surface area contributed by atoms with Crippen molar-refractivity contribution in [3.05, 3.63) is 0 Å². The summed E-state index contributed by atoms with van der Waals surface area (Å²) in [7, 11) is 0.